The maximum Gasteiger partial charge on any atom is 0.156 e. The monoisotopic (exact) mass is 245 g/mol. The van der Waals surface area contributed by atoms with E-state index >= 15 is 0 Å². The van der Waals surface area contributed by atoms with Crippen LogP contribution in [0.1, 0.15) is 40.5 Å². The highest BCUT2D eigenvalue weighted by Gasteiger charge is 2.28. The van der Waals surface area contributed by atoms with Gasteiger partial charge in [-0.15, -0.1) is 12.3 Å². The lowest BCUT2D eigenvalue weighted by atomic mass is 10.1. The van der Waals surface area contributed by atoms with Crippen LogP contribution in [-0.2, 0) is 9.84 Å². The molecule has 0 aliphatic rings. The Morgan fingerprint density at radius 1 is 1.38 bits per heavy atom. The Hall–Kier alpha value is -0.530. The van der Waals surface area contributed by atoms with E-state index in [1.54, 1.807) is 20.8 Å². The van der Waals surface area contributed by atoms with Crippen LogP contribution in [0.15, 0.2) is 0 Å². The van der Waals surface area contributed by atoms with Gasteiger partial charge in [-0.2, -0.15) is 0 Å². The smallest absolute Gasteiger partial charge is 0.156 e. The van der Waals surface area contributed by atoms with Crippen molar-refractivity contribution >= 4 is 9.84 Å². The van der Waals surface area contributed by atoms with Gasteiger partial charge in [0.2, 0.25) is 0 Å². The molecule has 0 fully saturated rings. The van der Waals surface area contributed by atoms with Crippen LogP contribution in [0.3, 0.4) is 0 Å². The van der Waals surface area contributed by atoms with Gasteiger partial charge in [0.05, 0.1) is 10.5 Å². The minimum atomic E-state index is -3.03. The highest BCUT2D eigenvalue weighted by atomic mass is 32.2. The number of hydrogen-bond donors (Lipinski definition) is 1. The van der Waals surface area contributed by atoms with Gasteiger partial charge < -0.3 is 5.32 Å². The largest absolute Gasteiger partial charge is 0.312 e. The average Bonchev–Trinajstić information content (AvgIpc) is 2.14. The lowest BCUT2D eigenvalue weighted by Gasteiger charge is -2.20. The van der Waals surface area contributed by atoms with E-state index < -0.39 is 14.6 Å². The topological polar surface area (TPSA) is 46.2 Å². The molecule has 94 valence electrons. The van der Waals surface area contributed by atoms with Gasteiger partial charge in [0, 0.05) is 19.0 Å². The fourth-order valence-electron chi connectivity index (χ4n) is 1.21. The number of nitrogens with one attached hydrogen (secondary N) is 1. The Balaban J connectivity index is 4.14. The molecule has 0 heterocycles. The van der Waals surface area contributed by atoms with Crippen LogP contribution in [0.5, 0.6) is 0 Å². The van der Waals surface area contributed by atoms with Gasteiger partial charge in [0.15, 0.2) is 9.84 Å². The van der Waals surface area contributed by atoms with Crippen molar-refractivity contribution in [2.24, 2.45) is 0 Å². The highest BCUT2D eigenvalue weighted by Crippen LogP contribution is 2.15. The summed E-state index contributed by atoms with van der Waals surface area (Å²) in [6.07, 6.45) is 6.78. The molecule has 0 spiro atoms. The van der Waals surface area contributed by atoms with E-state index in [4.69, 9.17) is 6.42 Å². The summed E-state index contributed by atoms with van der Waals surface area (Å²) in [6.45, 7) is 7.68. The van der Waals surface area contributed by atoms with Crippen molar-refractivity contribution in [1.82, 2.24) is 5.32 Å². The molecule has 1 atom stereocenters. The van der Waals surface area contributed by atoms with Crippen LogP contribution in [0.25, 0.3) is 0 Å². The maximum absolute atomic E-state index is 11.8. The lowest BCUT2D eigenvalue weighted by molar-refractivity contribution is 0.513. The zero-order valence-corrected chi connectivity index (χ0v) is 11.5. The molecule has 4 heteroatoms. The summed E-state index contributed by atoms with van der Waals surface area (Å²) in [6, 6.07) is 0.222. The second kappa shape index (κ2) is 6.27. The Kier molecular flexibility index (Phi) is 6.06. The van der Waals surface area contributed by atoms with Gasteiger partial charge in [-0.1, -0.05) is 6.92 Å². The minimum absolute atomic E-state index is 0.164. The first kappa shape index (κ1) is 15.5. The second-order valence-corrected chi connectivity index (χ2v) is 7.76. The van der Waals surface area contributed by atoms with Crippen LogP contribution in [0, 0.1) is 12.3 Å². The van der Waals surface area contributed by atoms with Crippen LogP contribution in [-0.4, -0.2) is 31.5 Å². The third-order valence-electron chi connectivity index (χ3n) is 2.59. The average molecular weight is 245 g/mol. The molecule has 0 radical (unpaired) electrons. The normalized spacial score (nSPS) is 14.4. The summed E-state index contributed by atoms with van der Waals surface area (Å²) >= 11 is 0. The zero-order chi connectivity index (χ0) is 12.8. The van der Waals surface area contributed by atoms with Crippen molar-refractivity contribution in [3.63, 3.8) is 0 Å². The molecule has 1 N–H and O–H groups in total. The van der Waals surface area contributed by atoms with E-state index in [0.29, 0.717) is 13.0 Å². The van der Waals surface area contributed by atoms with E-state index in [1.165, 1.54) is 0 Å². The molecule has 0 amide bonds. The summed E-state index contributed by atoms with van der Waals surface area (Å²) in [7, 11) is -3.03. The van der Waals surface area contributed by atoms with Gasteiger partial charge in [0.1, 0.15) is 0 Å². The Morgan fingerprint density at radius 2 is 1.94 bits per heavy atom. The van der Waals surface area contributed by atoms with Crippen molar-refractivity contribution in [3.8, 4) is 12.3 Å². The molecule has 0 aliphatic carbocycles. The van der Waals surface area contributed by atoms with Crippen molar-refractivity contribution in [3.05, 3.63) is 0 Å². The molecule has 0 aromatic heterocycles. The second-order valence-electron chi connectivity index (χ2n) is 4.90. The van der Waals surface area contributed by atoms with Crippen LogP contribution in [0.2, 0.25) is 0 Å². The zero-order valence-electron chi connectivity index (χ0n) is 10.7. The number of rotatable bonds is 6. The van der Waals surface area contributed by atoms with Crippen molar-refractivity contribution in [2.75, 3.05) is 12.3 Å². The number of terminal acetylenes is 1. The van der Waals surface area contributed by atoms with Crippen LogP contribution in [0.4, 0.5) is 0 Å². The van der Waals surface area contributed by atoms with Gasteiger partial charge in [0.25, 0.3) is 0 Å². The summed E-state index contributed by atoms with van der Waals surface area (Å²) in [5.74, 6) is 2.75. The summed E-state index contributed by atoms with van der Waals surface area (Å²) < 4.78 is 22.9. The molecule has 0 saturated carbocycles. The summed E-state index contributed by atoms with van der Waals surface area (Å²) in [5, 5.41) is 3.18. The molecule has 0 rings (SSSR count). The molecular formula is C12H23NO2S. The molecule has 1 unspecified atom stereocenters. The first-order chi connectivity index (χ1) is 7.24. The first-order valence-electron chi connectivity index (χ1n) is 5.63. The summed E-state index contributed by atoms with van der Waals surface area (Å²) in [4.78, 5) is 0. The molecule has 0 bridgehead atoms. The van der Waals surface area contributed by atoms with Crippen molar-refractivity contribution in [2.45, 2.75) is 51.3 Å². The predicted molar refractivity (Wildman–Crippen MR) is 69.1 cm³/mol. The lowest BCUT2D eigenvalue weighted by Crippen LogP contribution is -2.37. The van der Waals surface area contributed by atoms with Crippen LogP contribution < -0.4 is 5.32 Å². The fourth-order valence-corrected chi connectivity index (χ4v) is 2.21. The van der Waals surface area contributed by atoms with Gasteiger partial charge in [-0.3, -0.25) is 0 Å². The molecule has 0 aromatic carbocycles. The SMILES string of the molecule is C#CCC(CC)NCCS(=O)(=O)C(C)(C)C. The molecule has 0 saturated heterocycles. The minimum Gasteiger partial charge on any atom is -0.312 e. The molecule has 0 aromatic rings. The van der Waals surface area contributed by atoms with E-state index in [-0.39, 0.29) is 11.8 Å². The Bertz CT molecular complexity index is 333. The predicted octanol–water partition coefficient (Wildman–Crippen LogP) is 1.59. The fraction of sp³-hybridized carbons (Fsp3) is 0.833. The summed E-state index contributed by atoms with van der Waals surface area (Å²) in [5.41, 5.74) is 0. The maximum atomic E-state index is 11.8. The first-order valence-corrected chi connectivity index (χ1v) is 7.29. The van der Waals surface area contributed by atoms with Gasteiger partial charge in [-0.05, 0) is 27.2 Å². The van der Waals surface area contributed by atoms with E-state index in [0.717, 1.165) is 6.42 Å². The Labute approximate surface area is 99.9 Å². The van der Waals surface area contributed by atoms with Crippen molar-refractivity contribution in [1.29, 1.82) is 0 Å². The van der Waals surface area contributed by atoms with E-state index in [9.17, 15) is 8.42 Å². The third kappa shape index (κ3) is 5.00. The molecule has 16 heavy (non-hydrogen) atoms. The molecular weight excluding hydrogens is 222 g/mol. The van der Waals surface area contributed by atoms with E-state index in [1.807, 2.05) is 6.92 Å². The standard InChI is InChI=1S/C12H23NO2S/c1-6-8-11(7-2)13-9-10-16(14,15)12(3,4)5/h1,11,13H,7-10H2,2-5H3. The highest BCUT2D eigenvalue weighted by molar-refractivity contribution is 7.92. The van der Waals surface area contributed by atoms with E-state index in [2.05, 4.69) is 11.2 Å². The molecule has 3 nitrogen and oxygen atoms in total. The number of sulfone groups is 1. The van der Waals surface area contributed by atoms with Gasteiger partial charge in [-0.25, -0.2) is 8.42 Å². The third-order valence-corrected chi connectivity index (χ3v) is 5.20. The quantitative estimate of drug-likeness (QED) is 0.723. The number of hydrogen-bond acceptors (Lipinski definition) is 3. The Morgan fingerprint density at radius 3 is 2.31 bits per heavy atom. The van der Waals surface area contributed by atoms with Gasteiger partial charge >= 0.3 is 0 Å². The molecule has 0 aliphatic heterocycles. The van der Waals surface area contributed by atoms with Crippen LogP contribution >= 0.6 is 0 Å². The van der Waals surface area contributed by atoms with Crippen molar-refractivity contribution < 1.29 is 8.42 Å².